The first kappa shape index (κ1) is 27.5. The summed E-state index contributed by atoms with van der Waals surface area (Å²) in [7, 11) is 0. The lowest BCUT2D eigenvalue weighted by atomic mass is 9.82. The minimum atomic E-state index is -4.69. The molecule has 40 heavy (non-hydrogen) atoms. The molecule has 2 aliphatic heterocycles. The highest BCUT2D eigenvalue weighted by atomic mass is 32.2. The number of carboxylic acid groups (broad SMARTS) is 1. The predicted octanol–water partition coefficient (Wildman–Crippen LogP) is 3.15. The van der Waals surface area contributed by atoms with Gasteiger partial charge in [0.05, 0.1) is 22.2 Å². The van der Waals surface area contributed by atoms with E-state index in [1.54, 1.807) is 18.2 Å². The van der Waals surface area contributed by atoms with Crippen LogP contribution < -0.4 is 14.9 Å². The molecule has 1 saturated heterocycles. The topological polar surface area (TPSA) is 146 Å². The molecular formula is C25H18F3N3O7S2. The van der Waals surface area contributed by atoms with Crippen LogP contribution in [0.25, 0.3) is 0 Å². The fourth-order valence-electron chi connectivity index (χ4n) is 4.74. The number of halogens is 3. The summed E-state index contributed by atoms with van der Waals surface area (Å²) in [5.74, 6) is -5.54. The highest BCUT2D eigenvalue weighted by Crippen LogP contribution is 2.53. The van der Waals surface area contributed by atoms with Gasteiger partial charge in [-0.25, -0.2) is 0 Å². The van der Waals surface area contributed by atoms with Gasteiger partial charge < -0.3 is 20.1 Å². The number of carbonyl (C=O) groups excluding carboxylic acids is 3. The van der Waals surface area contributed by atoms with Crippen LogP contribution in [0.5, 0.6) is 5.75 Å². The van der Waals surface area contributed by atoms with Gasteiger partial charge in [-0.05, 0) is 18.2 Å². The summed E-state index contributed by atoms with van der Waals surface area (Å²) in [6.07, 6.45) is -4.69. The molecule has 0 saturated carbocycles. The second kappa shape index (κ2) is 10.5. The minimum absolute atomic E-state index is 0.0983. The number of hydrogen-bond acceptors (Lipinski definition) is 8. The molecule has 5 rings (SSSR count). The molecule has 2 aromatic carbocycles. The van der Waals surface area contributed by atoms with E-state index in [2.05, 4.69) is 10.3 Å². The second-order valence-corrected chi connectivity index (χ2v) is 11.0. The molecule has 3 aromatic rings. The van der Waals surface area contributed by atoms with E-state index in [4.69, 9.17) is 4.74 Å². The van der Waals surface area contributed by atoms with Crippen LogP contribution in [0.1, 0.15) is 21.9 Å². The Morgan fingerprint density at radius 1 is 1.05 bits per heavy atom. The lowest BCUT2D eigenvalue weighted by Gasteiger charge is -2.30. The zero-order valence-electron chi connectivity index (χ0n) is 20.1. The summed E-state index contributed by atoms with van der Waals surface area (Å²) in [5, 5.41) is 10.7. The Morgan fingerprint density at radius 2 is 1.75 bits per heavy atom. The number of para-hydroxylation sites is 2. The minimum Gasteiger partial charge on any atom is -0.483 e. The standard InChI is InChI=1S/C25H18F3N3O7S2/c26-25(27,28)12-6-2-3-7-13(12)29-15(32)10-38-14-8-4-1-5-11(14)17-18-20(39-21-19(17)40-24(37)30-21)23(36)31(22(18)35)9-16(33)34/h1-8,17-18,20H,9-10H2,(H,29,32)(H,30,37)(H,33,34)/t17-,18?,20?/m1/s1. The van der Waals surface area contributed by atoms with Crippen LogP contribution in [-0.4, -0.2) is 57.1 Å². The van der Waals surface area contributed by atoms with Crippen molar-refractivity contribution in [1.82, 2.24) is 9.88 Å². The Morgan fingerprint density at radius 3 is 2.48 bits per heavy atom. The summed E-state index contributed by atoms with van der Waals surface area (Å²) in [6, 6.07) is 10.7. The van der Waals surface area contributed by atoms with Crippen molar-refractivity contribution in [3.05, 3.63) is 74.2 Å². The third kappa shape index (κ3) is 5.09. The number of aliphatic carboxylic acids is 1. The van der Waals surface area contributed by atoms with Gasteiger partial charge in [0.2, 0.25) is 11.8 Å². The van der Waals surface area contributed by atoms with Gasteiger partial charge in [-0.15, -0.1) is 0 Å². The zero-order valence-corrected chi connectivity index (χ0v) is 21.7. The Balaban J connectivity index is 1.45. The number of fused-ring (bicyclic) bond motifs is 2. The summed E-state index contributed by atoms with van der Waals surface area (Å²) >= 11 is 1.80. The molecule has 0 aliphatic carbocycles. The summed E-state index contributed by atoms with van der Waals surface area (Å²) in [4.78, 5) is 65.8. The number of rotatable bonds is 7. The maximum absolute atomic E-state index is 13.3. The molecule has 0 radical (unpaired) electrons. The molecular weight excluding hydrogens is 575 g/mol. The first-order chi connectivity index (χ1) is 19.0. The summed E-state index contributed by atoms with van der Waals surface area (Å²) < 4.78 is 45.6. The van der Waals surface area contributed by atoms with Crippen LogP contribution in [0.4, 0.5) is 18.9 Å². The number of anilines is 1. The fraction of sp³-hybridized carbons (Fsp3) is 0.240. The van der Waals surface area contributed by atoms with Crippen LogP contribution in [-0.2, 0) is 25.4 Å². The van der Waals surface area contributed by atoms with Crippen molar-refractivity contribution in [2.24, 2.45) is 5.92 Å². The number of ether oxygens (including phenoxy) is 1. The Hall–Kier alpha value is -4.11. The van der Waals surface area contributed by atoms with Gasteiger partial charge >= 0.3 is 17.0 Å². The third-order valence-corrected chi connectivity index (χ3v) is 8.73. The number of carbonyl (C=O) groups is 4. The predicted molar refractivity (Wildman–Crippen MR) is 136 cm³/mol. The number of aromatic nitrogens is 1. The quantitative estimate of drug-likeness (QED) is 0.354. The van der Waals surface area contributed by atoms with Crippen molar-refractivity contribution in [1.29, 1.82) is 0 Å². The number of carboxylic acids is 1. The van der Waals surface area contributed by atoms with Gasteiger partial charge in [-0.3, -0.25) is 28.9 Å². The van der Waals surface area contributed by atoms with Gasteiger partial charge in [0.1, 0.15) is 17.5 Å². The van der Waals surface area contributed by atoms with E-state index in [1.165, 1.54) is 18.2 Å². The van der Waals surface area contributed by atoms with Crippen LogP contribution in [0, 0.1) is 5.92 Å². The average Bonchev–Trinajstić information content (AvgIpc) is 3.37. The molecule has 15 heteroatoms. The van der Waals surface area contributed by atoms with Crippen molar-refractivity contribution in [2.45, 2.75) is 22.4 Å². The number of nitrogens with zero attached hydrogens (tertiary/aromatic N) is 1. The van der Waals surface area contributed by atoms with E-state index in [9.17, 15) is 42.3 Å². The number of imide groups is 1. The lowest BCUT2D eigenvalue weighted by Crippen LogP contribution is -2.36. The number of likely N-dealkylation sites (tertiary alicyclic amines) is 1. The van der Waals surface area contributed by atoms with Crippen molar-refractivity contribution >= 4 is 52.5 Å². The molecule has 1 fully saturated rings. The van der Waals surface area contributed by atoms with Gasteiger partial charge in [-0.1, -0.05) is 53.4 Å². The van der Waals surface area contributed by atoms with E-state index in [0.717, 1.165) is 35.2 Å². The highest BCUT2D eigenvalue weighted by molar-refractivity contribution is 8.00. The van der Waals surface area contributed by atoms with Gasteiger partial charge in [-0.2, -0.15) is 13.2 Å². The number of hydrogen-bond donors (Lipinski definition) is 3. The summed E-state index contributed by atoms with van der Waals surface area (Å²) in [5.41, 5.74) is -1.13. The van der Waals surface area contributed by atoms with Crippen LogP contribution in [0.2, 0.25) is 0 Å². The first-order valence-electron chi connectivity index (χ1n) is 11.6. The molecule has 2 unspecified atom stereocenters. The van der Waals surface area contributed by atoms with Crippen molar-refractivity contribution < 1.29 is 42.2 Å². The third-order valence-electron chi connectivity index (χ3n) is 6.33. The number of alkyl halides is 3. The van der Waals surface area contributed by atoms with Crippen molar-refractivity contribution in [3.63, 3.8) is 0 Å². The van der Waals surface area contributed by atoms with Gasteiger partial charge in [0.25, 0.3) is 5.91 Å². The van der Waals surface area contributed by atoms with E-state index in [-0.39, 0.29) is 5.75 Å². The van der Waals surface area contributed by atoms with Crippen LogP contribution in [0.3, 0.4) is 0 Å². The molecule has 1 aromatic heterocycles. The van der Waals surface area contributed by atoms with E-state index >= 15 is 0 Å². The highest BCUT2D eigenvalue weighted by Gasteiger charge is 2.56. The summed E-state index contributed by atoms with van der Waals surface area (Å²) in [6.45, 7) is -1.51. The Kier molecular flexibility index (Phi) is 7.18. The van der Waals surface area contributed by atoms with Crippen molar-refractivity contribution in [3.8, 4) is 5.75 Å². The monoisotopic (exact) mass is 593 g/mol. The molecule has 3 N–H and O–H groups in total. The van der Waals surface area contributed by atoms with Crippen molar-refractivity contribution in [2.75, 3.05) is 18.5 Å². The number of aromatic amines is 1. The zero-order chi connectivity index (χ0) is 28.8. The van der Waals surface area contributed by atoms with E-state index in [1.807, 2.05) is 0 Å². The number of thioether (sulfide) groups is 1. The maximum atomic E-state index is 13.3. The Labute approximate surface area is 231 Å². The number of benzene rings is 2. The number of H-pyrrole nitrogens is 1. The van der Waals surface area contributed by atoms with Crippen LogP contribution in [0.15, 0.2) is 58.4 Å². The van der Waals surface area contributed by atoms with Gasteiger partial charge in [0.15, 0.2) is 6.61 Å². The molecule has 10 nitrogen and oxygen atoms in total. The lowest BCUT2D eigenvalue weighted by molar-refractivity contribution is -0.149. The smallest absolute Gasteiger partial charge is 0.418 e. The van der Waals surface area contributed by atoms with Crippen LogP contribution >= 0.6 is 23.1 Å². The fourth-order valence-corrected chi connectivity index (χ4v) is 7.27. The largest absolute Gasteiger partial charge is 0.483 e. The van der Waals surface area contributed by atoms with E-state index < -0.39 is 76.2 Å². The average molecular weight is 594 g/mol. The first-order valence-corrected chi connectivity index (χ1v) is 13.3. The molecule has 3 atom stereocenters. The molecule has 208 valence electrons. The number of amides is 3. The van der Waals surface area contributed by atoms with E-state index in [0.29, 0.717) is 20.4 Å². The molecule has 0 bridgehead atoms. The molecule has 0 spiro atoms. The Bertz CT molecular complexity index is 1590. The molecule has 2 aliphatic rings. The normalized spacial score (nSPS) is 20.2. The number of thiazole rings is 1. The second-order valence-electron chi connectivity index (χ2n) is 8.82. The number of nitrogens with one attached hydrogen (secondary N) is 2. The molecule has 3 heterocycles. The maximum Gasteiger partial charge on any atom is 0.418 e. The molecule has 3 amide bonds. The van der Waals surface area contributed by atoms with Gasteiger partial charge in [0, 0.05) is 16.4 Å². The SMILES string of the molecule is O=C(O)CN1C(=O)C2Sc3[nH]c(=O)sc3[C@H](c3ccccc3OCC(=O)Nc3ccccc3C(F)(F)F)C2C1=O.